The summed E-state index contributed by atoms with van der Waals surface area (Å²) in [6.45, 7) is 4.58. The van der Waals surface area contributed by atoms with Gasteiger partial charge in [0.25, 0.3) is 0 Å². The fraction of sp³-hybridized carbons (Fsp3) is 0.500. The monoisotopic (exact) mass is 533 g/mol. The second-order valence-electron chi connectivity index (χ2n) is 10.9. The van der Waals surface area contributed by atoms with Gasteiger partial charge in [0.15, 0.2) is 0 Å². The second kappa shape index (κ2) is 12.4. The predicted molar refractivity (Wildman–Crippen MR) is 152 cm³/mol. The van der Waals surface area contributed by atoms with Crippen molar-refractivity contribution in [2.24, 2.45) is 5.92 Å². The third-order valence-electron chi connectivity index (χ3n) is 8.02. The van der Waals surface area contributed by atoms with E-state index in [1.54, 1.807) is 4.90 Å². The summed E-state index contributed by atoms with van der Waals surface area (Å²) in [5, 5.41) is 8.82. The molecular weight excluding hydrogens is 494 g/mol. The molecule has 0 bridgehead atoms. The molecule has 39 heavy (non-hydrogen) atoms. The maximum Gasteiger partial charge on any atom is 0.323 e. The van der Waals surface area contributed by atoms with Crippen molar-refractivity contribution in [3.8, 4) is 5.75 Å². The van der Waals surface area contributed by atoms with E-state index in [-0.39, 0.29) is 23.9 Å². The Bertz CT molecular complexity index is 1150. The van der Waals surface area contributed by atoms with Gasteiger partial charge < -0.3 is 30.5 Å². The molecule has 1 unspecified atom stereocenters. The molecule has 2 aromatic carbocycles. The van der Waals surface area contributed by atoms with Gasteiger partial charge in [0.2, 0.25) is 11.8 Å². The van der Waals surface area contributed by atoms with Crippen LogP contribution in [0.5, 0.6) is 5.75 Å². The molecule has 5 rings (SSSR count). The summed E-state index contributed by atoms with van der Waals surface area (Å²) in [5.41, 5.74) is 2.51. The third kappa shape index (κ3) is 7.02. The van der Waals surface area contributed by atoms with Crippen LogP contribution in [0.2, 0.25) is 0 Å². The number of urea groups is 1. The number of nitrogens with one attached hydrogen (secondary N) is 3. The number of rotatable bonds is 8. The summed E-state index contributed by atoms with van der Waals surface area (Å²) in [5.74, 6) is 1.12. The highest BCUT2D eigenvalue weighted by atomic mass is 16.5. The fourth-order valence-corrected chi connectivity index (χ4v) is 5.88. The number of nitrogens with zero attached hydrogens (tertiary/aromatic N) is 2. The van der Waals surface area contributed by atoms with Crippen molar-refractivity contribution in [3.05, 3.63) is 48.5 Å². The third-order valence-corrected chi connectivity index (χ3v) is 8.02. The first kappa shape index (κ1) is 26.8. The Hall–Kier alpha value is -3.75. The van der Waals surface area contributed by atoms with Crippen LogP contribution in [0.1, 0.15) is 51.9 Å². The highest BCUT2D eigenvalue weighted by molar-refractivity contribution is 5.99. The summed E-state index contributed by atoms with van der Waals surface area (Å²) >= 11 is 0. The maximum atomic E-state index is 12.6. The van der Waals surface area contributed by atoms with Gasteiger partial charge in [-0.15, -0.1) is 0 Å². The molecule has 0 spiro atoms. The Labute approximate surface area is 230 Å². The van der Waals surface area contributed by atoms with E-state index >= 15 is 0 Å². The molecule has 2 aliphatic heterocycles. The molecule has 3 fully saturated rings. The second-order valence-corrected chi connectivity index (χ2v) is 10.9. The molecule has 4 amide bonds. The van der Waals surface area contributed by atoms with Crippen molar-refractivity contribution in [2.75, 3.05) is 41.7 Å². The number of amides is 4. The molecule has 1 aliphatic carbocycles. The van der Waals surface area contributed by atoms with E-state index in [9.17, 15) is 14.4 Å². The topological polar surface area (TPSA) is 103 Å². The van der Waals surface area contributed by atoms with Gasteiger partial charge in [0.05, 0.1) is 6.10 Å². The molecule has 2 aromatic rings. The Morgan fingerprint density at radius 3 is 2.18 bits per heavy atom. The van der Waals surface area contributed by atoms with Crippen LogP contribution >= 0.6 is 0 Å². The largest absolute Gasteiger partial charge is 0.490 e. The molecular formula is C30H39N5O4. The molecule has 208 valence electrons. The van der Waals surface area contributed by atoms with E-state index < -0.39 is 0 Å². The van der Waals surface area contributed by atoms with Crippen molar-refractivity contribution in [1.82, 2.24) is 10.2 Å². The quantitative estimate of drug-likeness (QED) is 0.460. The van der Waals surface area contributed by atoms with Crippen LogP contribution in [0.25, 0.3) is 0 Å². The molecule has 9 nitrogen and oxygen atoms in total. The van der Waals surface area contributed by atoms with Gasteiger partial charge >= 0.3 is 6.03 Å². The van der Waals surface area contributed by atoms with E-state index in [1.165, 1.54) is 19.8 Å². The minimum absolute atomic E-state index is 0.0337. The minimum Gasteiger partial charge on any atom is -0.490 e. The van der Waals surface area contributed by atoms with Crippen LogP contribution in [0, 0.1) is 5.92 Å². The van der Waals surface area contributed by atoms with E-state index in [0.717, 1.165) is 56.6 Å². The van der Waals surface area contributed by atoms with Gasteiger partial charge in [-0.2, -0.15) is 0 Å². The number of anilines is 3. The van der Waals surface area contributed by atoms with Crippen molar-refractivity contribution in [2.45, 2.75) is 64.0 Å². The number of ether oxygens (including phenoxy) is 1. The van der Waals surface area contributed by atoms with Crippen molar-refractivity contribution < 1.29 is 19.1 Å². The predicted octanol–water partition coefficient (Wildman–Crippen LogP) is 4.61. The number of hydrogen-bond donors (Lipinski definition) is 3. The van der Waals surface area contributed by atoms with Gasteiger partial charge in [0, 0.05) is 50.2 Å². The minimum atomic E-state index is -0.327. The lowest BCUT2D eigenvalue weighted by atomic mass is 10.1. The van der Waals surface area contributed by atoms with Crippen molar-refractivity contribution >= 4 is 34.9 Å². The summed E-state index contributed by atoms with van der Waals surface area (Å²) < 4.78 is 5.98. The maximum absolute atomic E-state index is 12.6. The van der Waals surface area contributed by atoms with Crippen LogP contribution in [0.3, 0.4) is 0 Å². The van der Waals surface area contributed by atoms with Gasteiger partial charge in [-0.3, -0.25) is 9.59 Å². The van der Waals surface area contributed by atoms with Gasteiger partial charge in [-0.1, -0.05) is 0 Å². The zero-order chi connectivity index (χ0) is 27.2. The first-order valence-electron chi connectivity index (χ1n) is 14.2. The summed E-state index contributed by atoms with van der Waals surface area (Å²) in [6, 6.07) is 14.7. The molecule has 2 atom stereocenters. The van der Waals surface area contributed by atoms with Crippen LogP contribution in [0.15, 0.2) is 48.5 Å². The lowest BCUT2D eigenvalue weighted by molar-refractivity contribution is -0.136. The summed E-state index contributed by atoms with van der Waals surface area (Å²) in [7, 11) is 0. The number of hydrogen-bond acceptors (Lipinski definition) is 5. The average Bonchev–Trinajstić information content (AvgIpc) is 3.71. The van der Waals surface area contributed by atoms with Crippen LogP contribution in [0.4, 0.5) is 21.9 Å². The van der Waals surface area contributed by atoms with Crippen molar-refractivity contribution in [1.29, 1.82) is 0 Å². The first-order chi connectivity index (χ1) is 18.9. The molecule has 9 heteroatoms. The van der Waals surface area contributed by atoms with Gasteiger partial charge in [0.1, 0.15) is 11.8 Å². The van der Waals surface area contributed by atoms with Crippen LogP contribution < -0.4 is 25.6 Å². The van der Waals surface area contributed by atoms with Gasteiger partial charge in [-0.25, -0.2) is 4.79 Å². The molecule has 2 saturated heterocycles. The Morgan fingerprint density at radius 1 is 0.846 bits per heavy atom. The molecule has 2 heterocycles. The van der Waals surface area contributed by atoms with E-state index in [2.05, 4.69) is 20.9 Å². The fourth-order valence-electron chi connectivity index (χ4n) is 5.88. The number of benzene rings is 2. The molecule has 0 radical (unpaired) electrons. The summed E-state index contributed by atoms with van der Waals surface area (Å²) in [4.78, 5) is 40.8. The normalized spacial score (nSPS) is 21.2. The van der Waals surface area contributed by atoms with E-state index in [1.807, 2.05) is 48.5 Å². The number of carbonyl (C=O) groups is 3. The number of likely N-dealkylation sites (tertiary alicyclic amines) is 1. The molecule has 1 saturated carbocycles. The number of carbonyl (C=O) groups excluding carboxylic acids is 3. The molecule has 3 aliphatic rings. The van der Waals surface area contributed by atoms with E-state index in [4.69, 9.17) is 4.74 Å². The zero-order valence-electron chi connectivity index (χ0n) is 22.7. The highest BCUT2D eigenvalue weighted by Gasteiger charge is 2.33. The Kier molecular flexibility index (Phi) is 8.54. The first-order valence-corrected chi connectivity index (χ1v) is 14.2. The van der Waals surface area contributed by atoms with Gasteiger partial charge in [-0.05, 0) is 99.4 Å². The SMILES string of the molecule is CC(=O)N1CCC[C@@H]1C(=O)NCC1CCN(c2ccc(NC(=O)Nc3ccc(OC4CCCC4)cc3)cc2)C1. The standard InChI is InChI=1S/C30H39N5O4/c1-21(36)35-17-4-7-28(35)29(37)31-19-22-16-18-34(20-22)25-12-8-23(9-13-25)32-30(38)33-24-10-14-27(15-11-24)39-26-5-2-3-6-26/h8-15,22,26,28H,2-7,16-20H2,1H3,(H,31,37)(H2,32,33,38)/t22?,28-/m1/s1. The van der Waals surface area contributed by atoms with Crippen LogP contribution in [-0.2, 0) is 9.59 Å². The lowest BCUT2D eigenvalue weighted by Gasteiger charge is -2.23. The van der Waals surface area contributed by atoms with Crippen LogP contribution in [-0.4, -0.2) is 61.1 Å². The average molecular weight is 534 g/mol. The smallest absolute Gasteiger partial charge is 0.323 e. The highest BCUT2D eigenvalue weighted by Crippen LogP contribution is 2.27. The Balaban J connectivity index is 1.05. The molecule has 3 N–H and O–H groups in total. The molecule has 0 aromatic heterocycles. The Morgan fingerprint density at radius 2 is 1.51 bits per heavy atom. The zero-order valence-corrected chi connectivity index (χ0v) is 22.7. The van der Waals surface area contributed by atoms with E-state index in [0.29, 0.717) is 36.5 Å². The lowest BCUT2D eigenvalue weighted by Crippen LogP contribution is -2.46. The summed E-state index contributed by atoms with van der Waals surface area (Å²) in [6.07, 6.45) is 7.60. The van der Waals surface area contributed by atoms with Crippen molar-refractivity contribution in [3.63, 3.8) is 0 Å².